The quantitative estimate of drug-likeness (QED) is 0.622. The zero-order valence-corrected chi connectivity index (χ0v) is 12.2. The molecule has 6 heteroatoms. The van der Waals surface area contributed by atoms with Crippen LogP contribution in [0.15, 0.2) is 0 Å². The first-order valence-corrected chi connectivity index (χ1v) is 7.69. The van der Waals surface area contributed by atoms with Crippen LogP contribution in [0.2, 0.25) is 0 Å². The Kier molecular flexibility index (Phi) is 7.94. The monoisotopic (exact) mass is 266 g/mol. The fourth-order valence-corrected chi connectivity index (χ4v) is 3.60. The van der Waals surface area contributed by atoms with E-state index in [0.717, 1.165) is 0 Å². The Morgan fingerprint density at radius 1 is 1.18 bits per heavy atom. The van der Waals surface area contributed by atoms with Gasteiger partial charge in [0.1, 0.15) is 0 Å². The molecule has 0 radical (unpaired) electrons. The molecule has 0 heterocycles. The number of rotatable bonds is 9. The third-order valence-electron chi connectivity index (χ3n) is 2.20. The molecule has 0 unspecified atom stereocenters. The lowest BCUT2D eigenvalue weighted by Crippen LogP contribution is -2.41. The average molecular weight is 266 g/mol. The topological polar surface area (TPSA) is 72.6 Å². The normalized spacial score (nSPS) is 12.9. The molecule has 0 atom stereocenters. The summed E-state index contributed by atoms with van der Waals surface area (Å²) in [6.07, 6.45) is 0. The van der Waals surface area contributed by atoms with Crippen LogP contribution in [0, 0.1) is 5.92 Å². The molecule has 0 aromatic rings. The van der Waals surface area contributed by atoms with Crippen molar-refractivity contribution in [2.45, 2.75) is 33.7 Å². The summed E-state index contributed by atoms with van der Waals surface area (Å²) in [5.41, 5.74) is 5.30. The molecule has 0 aliphatic carbocycles. The Labute approximate surface area is 105 Å². The molecular formula is C11H26N2O3S. The Balaban J connectivity index is 4.41. The molecule has 0 spiro atoms. The maximum absolute atomic E-state index is 12.1. The van der Waals surface area contributed by atoms with Crippen molar-refractivity contribution in [1.29, 1.82) is 0 Å². The summed E-state index contributed by atoms with van der Waals surface area (Å²) in [7, 11) is -3.19. The fourth-order valence-electron chi connectivity index (χ4n) is 1.58. The van der Waals surface area contributed by atoms with Crippen LogP contribution in [0.3, 0.4) is 0 Å². The highest BCUT2D eigenvalue weighted by Crippen LogP contribution is 2.11. The van der Waals surface area contributed by atoms with Crippen molar-refractivity contribution in [3.8, 4) is 0 Å². The van der Waals surface area contributed by atoms with Crippen molar-refractivity contribution in [2.24, 2.45) is 11.7 Å². The van der Waals surface area contributed by atoms with Gasteiger partial charge in [-0.05, 0) is 19.8 Å². The summed E-state index contributed by atoms with van der Waals surface area (Å²) in [5, 5.41) is 0. The zero-order valence-electron chi connectivity index (χ0n) is 11.3. The average Bonchev–Trinajstić information content (AvgIpc) is 2.14. The maximum atomic E-state index is 12.1. The molecule has 17 heavy (non-hydrogen) atoms. The molecule has 5 nitrogen and oxygen atoms in total. The summed E-state index contributed by atoms with van der Waals surface area (Å²) in [5.74, 6) is 0.313. The number of hydrogen-bond donors (Lipinski definition) is 1. The van der Waals surface area contributed by atoms with Crippen LogP contribution >= 0.6 is 0 Å². The van der Waals surface area contributed by atoms with Crippen LogP contribution < -0.4 is 5.73 Å². The van der Waals surface area contributed by atoms with E-state index in [1.807, 2.05) is 27.7 Å². The number of nitrogens with zero attached hydrogens (tertiary/aromatic N) is 1. The van der Waals surface area contributed by atoms with Crippen molar-refractivity contribution < 1.29 is 13.2 Å². The Morgan fingerprint density at radius 2 is 1.76 bits per heavy atom. The van der Waals surface area contributed by atoms with Gasteiger partial charge in [-0.3, -0.25) is 0 Å². The van der Waals surface area contributed by atoms with Gasteiger partial charge in [-0.1, -0.05) is 13.8 Å². The van der Waals surface area contributed by atoms with Gasteiger partial charge in [0.05, 0.1) is 19.0 Å². The van der Waals surface area contributed by atoms with Gasteiger partial charge in [-0.15, -0.1) is 0 Å². The van der Waals surface area contributed by atoms with Gasteiger partial charge in [0.15, 0.2) is 0 Å². The van der Waals surface area contributed by atoms with E-state index in [1.54, 1.807) is 0 Å². The van der Waals surface area contributed by atoms with Gasteiger partial charge in [-0.25, -0.2) is 8.42 Å². The first-order valence-electron chi connectivity index (χ1n) is 6.08. The number of sulfonamides is 1. The summed E-state index contributed by atoms with van der Waals surface area (Å²) in [6.45, 7) is 9.28. The highest BCUT2D eigenvalue weighted by Gasteiger charge is 2.25. The highest BCUT2D eigenvalue weighted by atomic mass is 32.2. The molecule has 0 amide bonds. The van der Waals surface area contributed by atoms with Gasteiger partial charge < -0.3 is 10.5 Å². The molecule has 0 aliphatic heterocycles. The van der Waals surface area contributed by atoms with Crippen LogP contribution in [0.25, 0.3) is 0 Å². The minimum absolute atomic E-state index is 0.0415. The summed E-state index contributed by atoms with van der Waals surface area (Å²) >= 11 is 0. The van der Waals surface area contributed by atoms with Crippen LogP contribution in [-0.4, -0.2) is 50.8 Å². The third kappa shape index (κ3) is 6.98. The Hall–Kier alpha value is -0.170. The minimum Gasteiger partial charge on any atom is -0.379 e. The molecule has 2 N–H and O–H groups in total. The van der Waals surface area contributed by atoms with Crippen molar-refractivity contribution in [1.82, 2.24) is 4.31 Å². The van der Waals surface area contributed by atoms with Crippen molar-refractivity contribution in [2.75, 3.05) is 32.1 Å². The van der Waals surface area contributed by atoms with Gasteiger partial charge in [-0.2, -0.15) is 4.31 Å². The lowest BCUT2D eigenvalue weighted by molar-refractivity contribution is 0.124. The van der Waals surface area contributed by atoms with E-state index in [0.29, 0.717) is 26.3 Å². The lowest BCUT2D eigenvalue weighted by atomic mass is 10.3. The Morgan fingerprint density at radius 3 is 2.18 bits per heavy atom. The summed E-state index contributed by atoms with van der Waals surface area (Å²) in [6, 6.07) is -0.0415. The smallest absolute Gasteiger partial charge is 0.214 e. The van der Waals surface area contributed by atoms with Crippen LogP contribution in [0.4, 0.5) is 0 Å². The predicted octanol–water partition coefficient (Wildman–Crippen LogP) is 0.658. The molecule has 0 aliphatic rings. The highest BCUT2D eigenvalue weighted by molar-refractivity contribution is 7.89. The minimum atomic E-state index is -3.19. The van der Waals surface area contributed by atoms with Crippen LogP contribution in [0.5, 0.6) is 0 Å². The van der Waals surface area contributed by atoms with E-state index in [1.165, 1.54) is 4.31 Å². The predicted molar refractivity (Wildman–Crippen MR) is 70.3 cm³/mol. The number of nitrogens with two attached hydrogens (primary N) is 1. The largest absolute Gasteiger partial charge is 0.379 e. The molecule has 104 valence electrons. The second-order valence-corrected chi connectivity index (χ2v) is 6.74. The second kappa shape index (κ2) is 8.02. The zero-order chi connectivity index (χ0) is 13.5. The first kappa shape index (κ1) is 16.8. The summed E-state index contributed by atoms with van der Waals surface area (Å²) < 4.78 is 30.9. The SMILES string of the molecule is CC(C)CS(=O)(=O)N(CCOCCN)C(C)C. The van der Waals surface area contributed by atoms with Crippen LogP contribution in [-0.2, 0) is 14.8 Å². The Bertz CT molecular complexity index is 289. The third-order valence-corrected chi connectivity index (χ3v) is 4.60. The van der Waals surface area contributed by atoms with E-state index in [9.17, 15) is 8.42 Å². The van der Waals surface area contributed by atoms with Gasteiger partial charge in [0.25, 0.3) is 0 Å². The molecule has 0 saturated heterocycles. The summed E-state index contributed by atoms with van der Waals surface area (Å²) in [4.78, 5) is 0. The van der Waals surface area contributed by atoms with Crippen LogP contribution in [0.1, 0.15) is 27.7 Å². The van der Waals surface area contributed by atoms with E-state index in [2.05, 4.69) is 0 Å². The lowest BCUT2D eigenvalue weighted by Gasteiger charge is -2.26. The standard InChI is InChI=1S/C11H26N2O3S/c1-10(2)9-17(14,15)13(11(3)4)6-8-16-7-5-12/h10-11H,5-9,12H2,1-4H3. The van der Waals surface area contributed by atoms with Gasteiger partial charge in [0, 0.05) is 19.1 Å². The maximum Gasteiger partial charge on any atom is 0.214 e. The fraction of sp³-hybridized carbons (Fsp3) is 1.00. The van der Waals surface area contributed by atoms with E-state index in [-0.39, 0.29) is 17.7 Å². The van der Waals surface area contributed by atoms with Crippen molar-refractivity contribution in [3.05, 3.63) is 0 Å². The molecule has 0 aromatic heterocycles. The van der Waals surface area contributed by atoms with Gasteiger partial charge in [0.2, 0.25) is 10.0 Å². The molecular weight excluding hydrogens is 240 g/mol. The van der Waals surface area contributed by atoms with E-state index >= 15 is 0 Å². The molecule has 0 fully saturated rings. The van der Waals surface area contributed by atoms with E-state index in [4.69, 9.17) is 10.5 Å². The second-order valence-electron chi connectivity index (χ2n) is 4.78. The number of ether oxygens (including phenoxy) is 1. The molecule has 0 aromatic carbocycles. The van der Waals surface area contributed by atoms with Gasteiger partial charge >= 0.3 is 0 Å². The first-order chi connectivity index (χ1) is 7.81. The van der Waals surface area contributed by atoms with Crippen molar-refractivity contribution >= 4 is 10.0 Å². The molecule has 0 saturated carbocycles. The van der Waals surface area contributed by atoms with Crippen molar-refractivity contribution in [3.63, 3.8) is 0 Å². The molecule has 0 rings (SSSR count). The number of hydrogen-bond acceptors (Lipinski definition) is 4. The molecule has 0 bridgehead atoms. The van der Waals surface area contributed by atoms with E-state index < -0.39 is 10.0 Å².